The van der Waals surface area contributed by atoms with Gasteiger partial charge in [0.2, 0.25) is 0 Å². The molecule has 1 aliphatic rings. The van der Waals surface area contributed by atoms with Crippen LogP contribution in [0.2, 0.25) is 0 Å². The molecule has 3 aromatic heterocycles. The van der Waals surface area contributed by atoms with Gasteiger partial charge in [-0.3, -0.25) is 4.68 Å². The zero-order valence-electron chi connectivity index (χ0n) is 33.3. The average Bonchev–Trinajstić information content (AvgIpc) is 3.59. The summed E-state index contributed by atoms with van der Waals surface area (Å²) < 4.78 is 11.1. The van der Waals surface area contributed by atoms with Crippen LogP contribution in [0.4, 0.5) is 0 Å². The first kappa shape index (κ1) is 38.8. The van der Waals surface area contributed by atoms with Crippen molar-refractivity contribution in [2.24, 2.45) is 11.8 Å². The van der Waals surface area contributed by atoms with Gasteiger partial charge in [0.15, 0.2) is 0 Å². The summed E-state index contributed by atoms with van der Waals surface area (Å²) in [6, 6.07) is 28.7. The van der Waals surface area contributed by atoms with Gasteiger partial charge in [-0.2, -0.15) is 11.2 Å². The second kappa shape index (κ2) is 14.7. The molecule has 0 radical (unpaired) electrons. The molecule has 0 N–H and O–H groups in total. The number of allylic oxidation sites excluding steroid dienone is 2. The number of fused-ring (bicyclic) bond motifs is 3. The summed E-state index contributed by atoms with van der Waals surface area (Å²) in [5.41, 5.74) is 10.2. The largest absolute Gasteiger partial charge is 2.00 e. The third-order valence-electron chi connectivity index (χ3n) is 10.7. The molecule has 0 bridgehead atoms. The second-order valence-electron chi connectivity index (χ2n) is 17.5. The van der Waals surface area contributed by atoms with Gasteiger partial charge < -0.3 is 9.30 Å². The Morgan fingerprint density at radius 2 is 1.64 bits per heavy atom. The molecule has 6 aromatic rings. The first-order valence-corrected chi connectivity index (χ1v) is 19.0. The molecule has 0 spiro atoms. The third kappa shape index (κ3) is 7.57. The van der Waals surface area contributed by atoms with Gasteiger partial charge in [0.05, 0.1) is 11.4 Å². The number of aryl methyl sites for hydroxylation is 1. The molecule has 3 heterocycles. The fraction of sp³-hybridized carbons (Fsp3) is 0.404. The molecule has 1 aliphatic carbocycles. The Morgan fingerprint density at radius 1 is 0.887 bits per heavy atom. The summed E-state index contributed by atoms with van der Waals surface area (Å²) in [6.45, 7) is 25.0. The predicted octanol–water partition coefficient (Wildman–Crippen LogP) is 12.3. The van der Waals surface area contributed by atoms with Gasteiger partial charge >= 0.3 is 21.1 Å². The fourth-order valence-corrected chi connectivity index (χ4v) is 8.24. The summed E-state index contributed by atoms with van der Waals surface area (Å²) in [4.78, 5) is 4.85. The predicted molar refractivity (Wildman–Crippen MR) is 215 cm³/mol. The third-order valence-corrected chi connectivity index (χ3v) is 10.7. The molecule has 0 saturated carbocycles. The van der Waals surface area contributed by atoms with E-state index in [2.05, 4.69) is 158 Å². The summed E-state index contributed by atoms with van der Waals surface area (Å²) in [5.74, 6) is 3.63. The molecule has 0 saturated heterocycles. The van der Waals surface area contributed by atoms with E-state index in [1.807, 2.05) is 12.3 Å². The fourth-order valence-electron chi connectivity index (χ4n) is 8.24. The van der Waals surface area contributed by atoms with Crippen LogP contribution in [-0.2, 0) is 38.3 Å². The second-order valence-corrected chi connectivity index (χ2v) is 17.5. The van der Waals surface area contributed by atoms with Crippen LogP contribution in [0.15, 0.2) is 78.5 Å². The molecule has 2 atom stereocenters. The van der Waals surface area contributed by atoms with Crippen LogP contribution in [0.5, 0.6) is 11.5 Å². The number of benzene rings is 3. The number of aromatic nitrogens is 4. The van der Waals surface area contributed by atoms with E-state index in [-0.39, 0.29) is 31.9 Å². The van der Waals surface area contributed by atoms with E-state index in [9.17, 15) is 0 Å². The van der Waals surface area contributed by atoms with Crippen molar-refractivity contribution in [3.8, 4) is 23.0 Å². The molecule has 0 fully saturated rings. The molecule has 7 rings (SSSR count). The first-order valence-electron chi connectivity index (χ1n) is 19.0. The van der Waals surface area contributed by atoms with E-state index in [1.54, 1.807) is 0 Å². The van der Waals surface area contributed by atoms with Gasteiger partial charge in [0.25, 0.3) is 0 Å². The molecule has 0 amide bonds. The summed E-state index contributed by atoms with van der Waals surface area (Å²) >= 11 is 0. The SMILES string of the molecule is CC1=CCC[C@H](C)C1c1c(C)nn(-c2[c-]c(Oc3[c-]c4c(cc3)c3ccccc3n4-c3cc(CC(C)C)ccn3)cc(C(C)(C)C)c2)c1C(C)(C)C.[Pt+2]. The number of para-hydroxylation sites is 1. The minimum absolute atomic E-state index is 0. The maximum Gasteiger partial charge on any atom is 2.00 e. The van der Waals surface area contributed by atoms with E-state index in [0.717, 1.165) is 57.4 Å². The molecule has 3 aromatic carbocycles. The molecular formula is C47H54N4OPt. The molecular weight excluding hydrogens is 832 g/mol. The maximum absolute atomic E-state index is 6.77. The molecule has 1 unspecified atom stereocenters. The monoisotopic (exact) mass is 885 g/mol. The van der Waals surface area contributed by atoms with Crippen LogP contribution >= 0.6 is 0 Å². The quantitative estimate of drug-likeness (QED) is 0.119. The summed E-state index contributed by atoms with van der Waals surface area (Å²) in [5, 5.41) is 7.56. The van der Waals surface area contributed by atoms with E-state index in [0.29, 0.717) is 29.3 Å². The minimum Gasteiger partial charge on any atom is -0.509 e. The number of rotatable bonds is 7. The van der Waals surface area contributed by atoms with E-state index in [1.165, 1.54) is 28.8 Å². The Bertz CT molecular complexity index is 2310. The van der Waals surface area contributed by atoms with Crippen LogP contribution in [0.25, 0.3) is 33.3 Å². The molecule has 6 heteroatoms. The molecule has 53 heavy (non-hydrogen) atoms. The number of ether oxygens (including phenoxy) is 1. The van der Waals surface area contributed by atoms with Crippen LogP contribution in [0.3, 0.4) is 0 Å². The summed E-state index contributed by atoms with van der Waals surface area (Å²) in [7, 11) is 0. The summed E-state index contributed by atoms with van der Waals surface area (Å²) in [6.07, 6.45) is 7.69. The van der Waals surface area contributed by atoms with Gasteiger partial charge in [-0.1, -0.05) is 97.7 Å². The zero-order valence-corrected chi connectivity index (χ0v) is 35.6. The topological polar surface area (TPSA) is 44.9 Å². The maximum atomic E-state index is 6.77. The van der Waals surface area contributed by atoms with Crippen molar-refractivity contribution in [3.05, 3.63) is 119 Å². The van der Waals surface area contributed by atoms with Crippen molar-refractivity contribution in [2.45, 2.75) is 112 Å². The number of hydrogen-bond donors (Lipinski definition) is 0. The Kier molecular flexibility index (Phi) is 10.8. The average molecular weight is 886 g/mol. The first-order chi connectivity index (χ1) is 24.6. The van der Waals surface area contributed by atoms with Gasteiger partial charge in [0.1, 0.15) is 5.82 Å². The van der Waals surface area contributed by atoms with Crippen LogP contribution in [0, 0.1) is 30.9 Å². The smallest absolute Gasteiger partial charge is 0.509 e. The number of hydrogen-bond acceptors (Lipinski definition) is 3. The molecule has 5 nitrogen and oxygen atoms in total. The van der Waals surface area contributed by atoms with Crippen LogP contribution in [-0.4, -0.2) is 19.3 Å². The van der Waals surface area contributed by atoms with Crippen molar-refractivity contribution >= 4 is 21.8 Å². The van der Waals surface area contributed by atoms with Crippen molar-refractivity contribution in [1.29, 1.82) is 0 Å². The zero-order chi connectivity index (χ0) is 37.1. The van der Waals surface area contributed by atoms with E-state index < -0.39 is 0 Å². The Hall–Kier alpha value is -3.95. The van der Waals surface area contributed by atoms with Crippen LogP contribution < -0.4 is 4.74 Å². The van der Waals surface area contributed by atoms with Gasteiger partial charge in [-0.05, 0) is 85.2 Å². The normalized spacial score (nSPS) is 16.6. The van der Waals surface area contributed by atoms with Gasteiger partial charge in [0, 0.05) is 40.1 Å². The van der Waals surface area contributed by atoms with Gasteiger partial charge in [-0.15, -0.1) is 41.3 Å². The van der Waals surface area contributed by atoms with Crippen molar-refractivity contribution in [3.63, 3.8) is 0 Å². The van der Waals surface area contributed by atoms with E-state index in [4.69, 9.17) is 14.8 Å². The Morgan fingerprint density at radius 3 is 2.34 bits per heavy atom. The molecule has 0 aliphatic heterocycles. The Labute approximate surface area is 331 Å². The van der Waals surface area contributed by atoms with Crippen molar-refractivity contribution in [2.75, 3.05) is 0 Å². The van der Waals surface area contributed by atoms with Crippen LogP contribution in [0.1, 0.15) is 116 Å². The Balaban J connectivity index is 0.00000481. The van der Waals surface area contributed by atoms with Gasteiger partial charge in [-0.25, -0.2) is 4.98 Å². The number of pyridine rings is 1. The van der Waals surface area contributed by atoms with Crippen molar-refractivity contribution < 1.29 is 25.8 Å². The molecule has 278 valence electrons. The van der Waals surface area contributed by atoms with Crippen molar-refractivity contribution in [1.82, 2.24) is 19.3 Å². The number of nitrogens with zero attached hydrogens (tertiary/aromatic N) is 4. The standard InChI is InChI=1S/C47H54N4O.Pt/c1-29(2)23-33-21-22-48-42(24-33)50-40-18-13-12-17-38(40)39-20-19-36(28-41(39)50)52-37-26-34(46(6,7)8)25-35(27-37)51-45(47(9,10)11)44(32(5)49-51)43-30(3)15-14-16-31(43)4;/h12-13,15,17-22,24-26,29,31,43H,14,16,23H2,1-11H3;/q-2;+2/t31-,43?;/m0./s1. The van der Waals surface area contributed by atoms with E-state index >= 15 is 0 Å². The minimum atomic E-state index is -0.145.